The van der Waals surface area contributed by atoms with Crippen molar-refractivity contribution in [1.29, 1.82) is 0 Å². The van der Waals surface area contributed by atoms with Gasteiger partial charge in [0.15, 0.2) is 0 Å². The highest BCUT2D eigenvalue weighted by Gasteiger charge is 2.16. The van der Waals surface area contributed by atoms with Gasteiger partial charge < -0.3 is 4.90 Å². The van der Waals surface area contributed by atoms with Gasteiger partial charge in [-0.25, -0.2) is 9.97 Å². The van der Waals surface area contributed by atoms with Crippen molar-refractivity contribution in [2.75, 3.05) is 19.0 Å². The van der Waals surface area contributed by atoms with Crippen molar-refractivity contribution < 1.29 is 0 Å². The molecule has 0 atom stereocenters. The van der Waals surface area contributed by atoms with Gasteiger partial charge in [0.05, 0.1) is 22.3 Å². The first-order chi connectivity index (χ1) is 11.6. The third-order valence-electron chi connectivity index (χ3n) is 3.85. The van der Waals surface area contributed by atoms with E-state index in [0.29, 0.717) is 4.70 Å². The number of pyridine rings is 1. The molecule has 0 spiro atoms. The molecule has 0 saturated carbocycles. The monoisotopic (exact) mass is 448 g/mol. The molecule has 0 amide bonds. The molecule has 5 nitrogen and oxygen atoms in total. The summed E-state index contributed by atoms with van der Waals surface area (Å²) in [7, 11) is 3.95. The Labute approximate surface area is 155 Å². The number of hydrogen-bond donors (Lipinski definition) is 0. The molecular formula is C17H13IN4OS. The first-order valence-electron chi connectivity index (χ1n) is 7.28. The molecular weight excluding hydrogens is 435 g/mol. The van der Waals surface area contributed by atoms with Crippen molar-refractivity contribution in [3.63, 3.8) is 0 Å². The van der Waals surface area contributed by atoms with Gasteiger partial charge in [0.2, 0.25) is 0 Å². The van der Waals surface area contributed by atoms with E-state index >= 15 is 0 Å². The number of thiophene rings is 1. The van der Waals surface area contributed by atoms with Crippen molar-refractivity contribution in [3.8, 4) is 5.69 Å². The Hall–Kier alpha value is -2.00. The van der Waals surface area contributed by atoms with Crippen LogP contribution in [0.2, 0.25) is 0 Å². The molecule has 0 unspecified atom stereocenters. The maximum Gasteiger partial charge on any atom is 0.275 e. The Kier molecular flexibility index (Phi) is 3.76. The zero-order chi connectivity index (χ0) is 16.8. The zero-order valence-electron chi connectivity index (χ0n) is 13.0. The maximum absolute atomic E-state index is 13.0. The number of nitrogens with zero attached hydrogens (tertiary/aromatic N) is 4. The Morgan fingerprint density at radius 3 is 2.58 bits per heavy atom. The van der Waals surface area contributed by atoms with Gasteiger partial charge in [-0.05, 0) is 52.9 Å². The van der Waals surface area contributed by atoms with Gasteiger partial charge in [-0.1, -0.05) is 0 Å². The minimum absolute atomic E-state index is 0.0612. The molecule has 7 heteroatoms. The smallest absolute Gasteiger partial charge is 0.275 e. The van der Waals surface area contributed by atoms with Crippen LogP contribution in [0, 0.1) is 3.57 Å². The second-order valence-electron chi connectivity index (χ2n) is 5.58. The fourth-order valence-electron chi connectivity index (χ4n) is 2.70. The summed E-state index contributed by atoms with van der Waals surface area (Å²) in [6.07, 6.45) is 3.37. The van der Waals surface area contributed by atoms with Crippen LogP contribution in [0.15, 0.2) is 47.7 Å². The normalized spacial score (nSPS) is 11.3. The Morgan fingerprint density at radius 2 is 1.88 bits per heavy atom. The molecule has 24 heavy (non-hydrogen) atoms. The zero-order valence-corrected chi connectivity index (χ0v) is 16.0. The van der Waals surface area contributed by atoms with Crippen LogP contribution in [0.25, 0.3) is 26.1 Å². The quantitative estimate of drug-likeness (QED) is 0.440. The van der Waals surface area contributed by atoms with Gasteiger partial charge in [-0.15, -0.1) is 11.3 Å². The highest BCUT2D eigenvalue weighted by atomic mass is 127. The van der Waals surface area contributed by atoms with E-state index in [-0.39, 0.29) is 5.56 Å². The molecule has 0 N–H and O–H groups in total. The van der Waals surface area contributed by atoms with Crippen LogP contribution in [-0.2, 0) is 0 Å². The number of halogens is 1. The summed E-state index contributed by atoms with van der Waals surface area (Å²) in [5, 5.41) is 0.939. The SMILES string of the molecule is CN(C)c1ccnc2sc3c(=O)n(-c4ccc(I)cc4)cnc3c12. The van der Waals surface area contributed by atoms with Gasteiger partial charge in [0.25, 0.3) is 5.56 Å². The molecule has 120 valence electrons. The summed E-state index contributed by atoms with van der Waals surface area (Å²) in [6, 6.07) is 9.74. The Bertz CT molecular complexity index is 1120. The third kappa shape index (κ3) is 2.39. The molecule has 1 aromatic carbocycles. The fourth-order valence-corrected chi connectivity index (χ4v) is 4.10. The summed E-state index contributed by atoms with van der Waals surface area (Å²) in [4.78, 5) is 24.8. The van der Waals surface area contributed by atoms with Crippen LogP contribution in [0.1, 0.15) is 0 Å². The lowest BCUT2D eigenvalue weighted by Gasteiger charge is -2.13. The highest BCUT2D eigenvalue weighted by Crippen LogP contribution is 2.35. The van der Waals surface area contributed by atoms with Gasteiger partial charge in [-0.2, -0.15) is 0 Å². The van der Waals surface area contributed by atoms with E-state index in [1.165, 1.54) is 11.3 Å². The molecule has 4 rings (SSSR count). The van der Waals surface area contributed by atoms with E-state index in [1.807, 2.05) is 49.3 Å². The third-order valence-corrected chi connectivity index (χ3v) is 5.64. The maximum atomic E-state index is 13.0. The predicted octanol–water partition coefficient (Wildman–Crippen LogP) is 3.67. The molecule has 3 aromatic heterocycles. The second-order valence-corrected chi connectivity index (χ2v) is 7.83. The lowest BCUT2D eigenvalue weighted by atomic mass is 10.2. The molecule has 0 aliphatic heterocycles. The molecule has 0 aliphatic rings. The minimum Gasteiger partial charge on any atom is -0.377 e. The number of rotatable bonds is 2. The molecule has 0 bridgehead atoms. The van der Waals surface area contributed by atoms with Crippen molar-refractivity contribution in [2.24, 2.45) is 0 Å². The summed E-state index contributed by atoms with van der Waals surface area (Å²) in [5.74, 6) is 0. The Morgan fingerprint density at radius 1 is 1.12 bits per heavy atom. The van der Waals surface area contributed by atoms with Gasteiger partial charge in [0, 0.05) is 23.9 Å². The van der Waals surface area contributed by atoms with Gasteiger partial charge in [-0.3, -0.25) is 9.36 Å². The van der Waals surface area contributed by atoms with Crippen LogP contribution in [-0.4, -0.2) is 28.6 Å². The van der Waals surface area contributed by atoms with Crippen LogP contribution in [0.4, 0.5) is 5.69 Å². The van der Waals surface area contributed by atoms with E-state index in [1.54, 1.807) is 17.1 Å². The van der Waals surface area contributed by atoms with Crippen molar-refractivity contribution >= 4 is 60.0 Å². The number of hydrogen-bond acceptors (Lipinski definition) is 5. The average Bonchev–Trinajstić information content (AvgIpc) is 2.96. The van der Waals surface area contributed by atoms with Crippen molar-refractivity contribution in [1.82, 2.24) is 14.5 Å². The van der Waals surface area contributed by atoms with Crippen LogP contribution in [0.3, 0.4) is 0 Å². The second kappa shape index (κ2) is 5.82. The van der Waals surface area contributed by atoms with Crippen LogP contribution in [0.5, 0.6) is 0 Å². The van der Waals surface area contributed by atoms with Gasteiger partial charge >= 0.3 is 0 Å². The topological polar surface area (TPSA) is 51.0 Å². The molecule has 0 aliphatic carbocycles. The number of fused-ring (bicyclic) bond motifs is 3. The average molecular weight is 448 g/mol. The van der Waals surface area contributed by atoms with E-state index in [4.69, 9.17) is 0 Å². The minimum atomic E-state index is -0.0612. The van der Waals surface area contributed by atoms with Gasteiger partial charge in [0.1, 0.15) is 15.9 Å². The van der Waals surface area contributed by atoms with E-state index in [2.05, 4.69) is 32.6 Å². The predicted molar refractivity (Wildman–Crippen MR) is 108 cm³/mol. The molecule has 0 fully saturated rings. The molecule has 3 heterocycles. The first-order valence-corrected chi connectivity index (χ1v) is 9.18. The van der Waals surface area contributed by atoms with E-state index in [0.717, 1.165) is 30.7 Å². The summed E-state index contributed by atoms with van der Waals surface area (Å²) in [5.41, 5.74) is 2.49. The van der Waals surface area contributed by atoms with Crippen LogP contribution < -0.4 is 10.5 Å². The molecule has 4 aromatic rings. The van der Waals surface area contributed by atoms with Crippen molar-refractivity contribution in [3.05, 3.63) is 56.8 Å². The molecule has 0 saturated heterocycles. The molecule has 0 radical (unpaired) electrons. The Balaban J connectivity index is 2.04. The highest BCUT2D eigenvalue weighted by molar-refractivity contribution is 14.1. The first kappa shape index (κ1) is 15.5. The van der Waals surface area contributed by atoms with Crippen LogP contribution >= 0.6 is 33.9 Å². The number of aromatic nitrogens is 3. The summed E-state index contributed by atoms with van der Waals surface area (Å²) in [6.45, 7) is 0. The summed E-state index contributed by atoms with van der Waals surface area (Å²) >= 11 is 3.64. The number of benzene rings is 1. The number of anilines is 1. The fraction of sp³-hybridized carbons (Fsp3) is 0.118. The lowest BCUT2D eigenvalue weighted by Crippen LogP contribution is -2.17. The standard InChI is InChI=1S/C17H13IN4OS/c1-21(2)12-7-8-19-16-13(12)14-15(24-16)17(23)22(9-20-14)11-5-3-10(18)4-6-11/h3-9H,1-2H3. The van der Waals surface area contributed by atoms with E-state index in [9.17, 15) is 4.79 Å². The lowest BCUT2D eigenvalue weighted by molar-refractivity contribution is 0.967. The summed E-state index contributed by atoms with van der Waals surface area (Å²) < 4.78 is 3.34. The van der Waals surface area contributed by atoms with E-state index < -0.39 is 0 Å². The largest absolute Gasteiger partial charge is 0.377 e. The van der Waals surface area contributed by atoms with Crippen molar-refractivity contribution in [2.45, 2.75) is 0 Å².